The lowest BCUT2D eigenvalue weighted by Gasteiger charge is -1.99. The summed E-state index contributed by atoms with van der Waals surface area (Å²) in [6.45, 7) is 0. The highest BCUT2D eigenvalue weighted by molar-refractivity contribution is 6.30. The fourth-order valence-corrected chi connectivity index (χ4v) is 1.43. The zero-order chi connectivity index (χ0) is 12.3. The molecule has 0 aliphatic rings. The van der Waals surface area contributed by atoms with Gasteiger partial charge in [0.05, 0.1) is 5.69 Å². The predicted molar refractivity (Wildman–Crippen MR) is 68.1 cm³/mol. The summed E-state index contributed by atoms with van der Waals surface area (Å²) < 4.78 is 0. The highest BCUT2D eigenvalue weighted by Gasteiger charge is 2.01. The van der Waals surface area contributed by atoms with E-state index in [4.69, 9.17) is 17.3 Å². The third-order valence-electron chi connectivity index (χ3n) is 2.14. The number of para-hydroxylation sites is 1. The van der Waals surface area contributed by atoms with Crippen molar-refractivity contribution < 1.29 is 5.11 Å². The molecule has 0 saturated heterocycles. The van der Waals surface area contributed by atoms with Gasteiger partial charge >= 0.3 is 0 Å². The van der Waals surface area contributed by atoms with Gasteiger partial charge in [0.15, 0.2) is 0 Å². The van der Waals surface area contributed by atoms with E-state index in [1.165, 1.54) is 6.07 Å². The van der Waals surface area contributed by atoms with Crippen molar-refractivity contribution >= 4 is 28.7 Å². The summed E-state index contributed by atoms with van der Waals surface area (Å²) in [6, 6.07) is 11.7. The van der Waals surface area contributed by atoms with Crippen molar-refractivity contribution in [3.05, 3.63) is 47.5 Å². The minimum Gasteiger partial charge on any atom is -0.506 e. The molecule has 0 amide bonds. The SMILES string of the molecule is Nc1ccccc1N=Nc1ccc(Cl)cc1O. The van der Waals surface area contributed by atoms with Crippen LogP contribution in [0.25, 0.3) is 0 Å². The van der Waals surface area contributed by atoms with Crippen molar-refractivity contribution in [3.8, 4) is 5.75 Å². The molecule has 0 radical (unpaired) electrons. The largest absolute Gasteiger partial charge is 0.506 e. The van der Waals surface area contributed by atoms with Crippen LogP contribution in [0.15, 0.2) is 52.7 Å². The highest BCUT2D eigenvalue weighted by atomic mass is 35.5. The van der Waals surface area contributed by atoms with Gasteiger partial charge in [0.2, 0.25) is 0 Å². The molecule has 0 unspecified atom stereocenters. The molecule has 0 atom stereocenters. The van der Waals surface area contributed by atoms with Crippen LogP contribution in [0, 0.1) is 0 Å². The van der Waals surface area contributed by atoms with Gasteiger partial charge in [-0.2, -0.15) is 0 Å². The number of aromatic hydroxyl groups is 1. The second-order valence-corrected chi connectivity index (χ2v) is 3.83. The highest BCUT2D eigenvalue weighted by Crippen LogP contribution is 2.31. The molecule has 0 saturated carbocycles. The first-order chi connectivity index (χ1) is 8.16. The van der Waals surface area contributed by atoms with Crippen LogP contribution >= 0.6 is 11.6 Å². The molecule has 86 valence electrons. The Hall–Kier alpha value is -2.07. The molecule has 2 rings (SSSR count). The zero-order valence-electron chi connectivity index (χ0n) is 8.84. The van der Waals surface area contributed by atoms with Gasteiger partial charge < -0.3 is 10.8 Å². The quantitative estimate of drug-likeness (QED) is 0.621. The average Bonchev–Trinajstić information content (AvgIpc) is 2.30. The lowest BCUT2D eigenvalue weighted by molar-refractivity contribution is 0.476. The van der Waals surface area contributed by atoms with Crippen LogP contribution in [0.2, 0.25) is 5.02 Å². The molecule has 0 aliphatic heterocycles. The molecule has 3 N–H and O–H groups in total. The predicted octanol–water partition coefficient (Wildman–Crippen LogP) is 4.04. The molecular formula is C12H10ClN3O. The Morgan fingerprint density at radius 2 is 1.71 bits per heavy atom. The molecule has 17 heavy (non-hydrogen) atoms. The van der Waals surface area contributed by atoms with E-state index in [-0.39, 0.29) is 5.75 Å². The standard InChI is InChI=1S/C12H10ClN3O/c13-8-5-6-11(12(17)7-8)16-15-10-4-2-1-3-9(10)14/h1-7,17H,14H2. The Morgan fingerprint density at radius 1 is 1.00 bits per heavy atom. The number of phenolic OH excluding ortho intramolecular Hbond substituents is 1. The number of hydrogen-bond acceptors (Lipinski definition) is 4. The molecule has 4 nitrogen and oxygen atoms in total. The smallest absolute Gasteiger partial charge is 0.144 e. The summed E-state index contributed by atoms with van der Waals surface area (Å²) in [6.07, 6.45) is 0. The molecule has 0 aromatic heterocycles. The number of benzene rings is 2. The van der Waals surface area contributed by atoms with Gasteiger partial charge in [-0.1, -0.05) is 23.7 Å². The van der Waals surface area contributed by atoms with E-state index in [0.29, 0.717) is 22.1 Å². The van der Waals surface area contributed by atoms with Gasteiger partial charge in [-0.3, -0.25) is 0 Å². The van der Waals surface area contributed by atoms with Crippen molar-refractivity contribution in [2.45, 2.75) is 0 Å². The van der Waals surface area contributed by atoms with Gasteiger partial charge in [-0.15, -0.1) is 10.2 Å². The molecule has 0 aliphatic carbocycles. The minimum absolute atomic E-state index is 0.0178. The first-order valence-corrected chi connectivity index (χ1v) is 5.29. The first-order valence-electron chi connectivity index (χ1n) is 4.91. The Balaban J connectivity index is 2.29. The Labute approximate surface area is 103 Å². The van der Waals surface area contributed by atoms with Crippen LogP contribution in [-0.2, 0) is 0 Å². The summed E-state index contributed by atoms with van der Waals surface area (Å²) in [5.74, 6) is -0.0178. The van der Waals surface area contributed by atoms with Crippen molar-refractivity contribution in [2.75, 3.05) is 5.73 Å². The minimum atomic E-state index is -0.0178. The average molecular weight is 248 g/mol. The van der Waals surface area contributed by atoms with Crippen LogP contribution < -0.4 is 5.73 Å². The van der Waals surface area contributed by atoms with Crippen molar-refractivity contribution in [1.82, 2.24) is 0 Å². The number of hydrogen-bond donors (Lipinski definition) is 2. The van der Waals surface area contributed by atoms with Crippen molar-refractivity contribution in [2.24, 2.45) is 10.2 Å². The molecule has 0 bridgehead atoms. The molecule has 5 heteroatoms. The van der Waals surface area contributed by atoms with Gasteiger partial charge in [0, 0.05) is 11.1 Å². The van der Waals surface area contributed by atoms with E-state index in [9.17, 15) is 5.11 Å². The number of nitrogens with two attached hydrogens (primary N) is 1. The van der Waals surface area contributed by atoms with Crippen LogP contribution in [0.5, 0.6) is 5.75 Å². The second kappa shape index (κ2) is 4.84. The van der Waals surface area contributed by atoms with Gasteiger partial charge in [0.1, 0.15) is 17.1 Å². The maximum absolute atomic E-state index is 9.57. The van der Waals surface area contributed by atoms with Crippen LogP contribution in [-0.4, -0.2) is 5.11 Å². The Morgan fingerprint density at radius 3 is 2.41 bits per heavy atom. The van der Waals surface area contributed by atoms with Gasteiger partial charge in [-0.05, 0) is 24.3 Å². The third-order valence-corrected chi connectivity index (χ3v) is 2.37. The number of phenols is 1. The monoisotopic (exact) mass is 247 g/mol. The number of nitrogens with zero attached hydrogens (tertiary/aromatic N) is 2. The molecule has 0 fully saturated rings. The summed E-state index contributed by atoms with van der Waals surface area (Å²) >= 11 is 5.71. The second-order valence-electron chi connectivity index (χ2n) is 3.39. The summed E-state index contributed by atoms with van der Waals surface area (Å²) in [5, 5.41) is 17.9. The Bertz CT molecular complexity index is 569. The molecule has 0 spiro atoms. The van der Waals surface area contributed by atoms with Crippen LogP contribution in [0.1, 0.15) is 0 Å². The fourth-order valence-electron chi connectivity index (χ4n) is 1.27. The summed E-state index contributed by atoms with van der Waals surface area (Å²) in [5.41, 5.74) is 7.14. The maximum Gasteiger partial charge on any atom is 0.144 e. The Kier molecular flexibility index (Phi) is 3.25. The lowest BCUT2D eigenvalue weighted by Crippen LogP contribution is -1.82. The zero-order valence-corrected chi connectivity index (χ0v) is 9.59. The van der Waals surface area contributed by atoms with Crippen LogP contribution in [0.3, 0.4) is 0 Å². The van der Waals surface area contributed by atoms with Crippen molar-refractivity contribution in [1.29, 1.82) is 0 Å². The normalized spacial score (nSPS) is 10.9. The summed E-state index contributed by atoms with van der Waals surface area (Å²) in [4.78, 5) is 0. The number of rotatable bonds is 2. The van der Waals surface area contributed by atoms with E-state index in [2.05, 4.69) is 10.2 Å². The number of anilines is 1. The molecule has 2 aromatic carbocycles. The van der Waals surface area contributed by atoms with E-state index in [1.54, 1.807) is 24.3 Å². The molecule has 0 heterocycles. The topological polar surface area (TPSA) is 71.0 Å². The van der Waals surface area contributed by atoms with Crippen molar-refractivity contribution in [3.63, 3.8) is 0 Å². The van der Waals surface area contributed by atoms with Gasteiger partial charge in [-0.25, -0.2) is 0 Å². The number of azo groups is 1. The molecular weight excluding hydrogens is 238 g/mol. The third kappa shape index (κ3) is 2.73. The lowest BCUT2D eigenvalue weighted by atomic mass is 10.3. The first kappa shape index (κ1) is 11.4. The van der Waals surface area contributed by atoms with E-state index < -0.39 is 0 Å². The number of halogens is 1. The van der Waals surface area contributed by atoms with E-state index in [1.807, 2.05) is 12.1 Å². The van der Waals surface area contributed by atoms with E-state index >= 15 is 0 Å². The van der Waals surface area contributed by atoms with Crippen LogP contribution in [0.4, 0.5) is 17.1 Å². The van der Waals surface area contributed by atoms with Gasteiger partial charge in [0.25, 0.3) is 0 Å². The summed E-state index contributed by atoms with van der Waals surface area (Å²) in [7, 11) is 0. The maximum atomic E-state index is 9.57. The van der Waals surface area contributed by atoms with E-state index in [0.717, 1.165) is 0 Å². The fraction of sp³-hybridized carbons (Fsp3) is 0. The number of nitrogen functional groups attached to an aromatic ring is 1. The molecule has 2 aromatic rings.